The van der Waals surface area contributed by atoms with Crippen LogP contribution < -0.4 is 0 Å². The van der Waals surface area contributed by atoms with Crippen molar-refractivity contribution in [3.8, 4) is 11.5 Å². The lowest BCUT2D eigenvalue weighted by atomic mass is 9.78. The molecule has 0 unspecified atom stereocenters. The number of aromatic carboxylic acids is 1. The number of benzene rings is 2. The molecule has 0 spiro atoms. The molecule has 1 aliphatic rings. The van der Waals surface area contributed by atoms with E-state index >= 15 is 0 Å². The molecule has 128 valence electrons. The number of hydrogen-bond donors (Lipinski definition) is 3. The predicted molar refractivity (Wildman–Crippen MR) is 88.6 cm³/mol. The molecule has 3 N–H and O–H groups in total. The molecule has 6 nitrogen and oxygen atoms in total. The second-order valence-corrected chi connectivity index (χ2v) is 5.94. The number of carbonyl (C=O) groups is 3. The van der Waals surface area contributed by atoms with E-state index in [2.05, 4.69) is 0 Å². The van der Waals surface area contributed by atoms with Gasteiger partial charge in [0, 0.05) is 16.7 Å². The van der Waals surface area contributed by atoms with Crippen molar-refractivity contribution >= 4 is 17.5 Å². The van der Waals surface area contributed by atoms with Crippen LogP contribution in [0.1, 0.15) is 67.5 Å². The number of ketones is 2. The fraction of sp³-hybridized carbons (Fsp3) is 0.211. The van der Waals surface area contributed by atoms with E-state index in [-0.39, 0.29) is 45.6 Å². The van der Waals surface area contributed by atoms with Crippen LogP contribution in [-0.4, -0.2) is 32.9 Å². The average Bonchev–Trinajstić information content (AvgIpc) is 2.56. The molecule has 0 aromatic heterocycles. The zero-order valence-corrected chi connectivity index (χ0v) is 13.5. The van der Waals surface area contributed by atoms with Crippen LogP contribution in [0.5, 0.6) is 11.5 Å². The molecular formula is C19H16O6. The van der Waals surface area contributed by atoms with E-state index in [1.54, 1.807) is 0 Å². The van der Waals surface area contributed by atoms with E-state index in [4.69, 9.17) is 0 Å². The largest absolute Gasteiger partial charge is 0.507 e. The monoisotopic (exact) mass is 340 g/mol. The number of phenolic OH excluding ortho intramolecular Hbond substituents is 1. The Morgan fingerprint density at radius 2 is 1.72 bits per heavy atom. The molecule has 0 atom stereocenters. The summed E-state index contributed by atoms with van der Waals surface area (Å²) in [5, 5.41) is 29.6. The van der Waals surface area contributed by atoms with Gasteiger partial charge in [0.25, 0.3) is 0 Å². The fourth-order valence-electron chi connectivity index (χ4n) is 3.24. The van der Waals surface area contributed by atoms with E-state index in [1.807, 2.05) is 6.92 Å². The van der Waals surface area contributed by atoms with Crippen molar-refractivity contribution in [1.82, 2.24) is 0 Å². The van der Waals surface area contributed by atoms with Gasteiger partial charge in [0.05, 0.1) is 5.56 Å². The highest BCUT2D eigenvalue weighted by Crippen LogP contribution is 2.38. The zero-order chi connectivity index (χ0) is 18.3. The van der Waals surface area contributed by atoms with Gasteiger partial charge in [-0.2, -0.15) is 0 Å². The third kappa shape index (κ3) is 2.46. The first kappa shape index (κ1) is 16.7. The van der Waals surface area contributed by atoms with Gasteiger partial charge in [0.1, 0.15) is 17.1 Å². The number of carboxylic acids is 1. The van der Waals surface area contributed by atoms with Crippen LogP contribution in [0, 0.1) is 0 Å². The van der Waals surface area contributed by atoms with Gasteiger partial charge >= 0.3 is 5.97 Å². The van der Waals surface area contributed by atoms with Crippen LogP contribution in [-0.2, 0) is 6.42 Å². The lowest BCUT2D eigenvalue weighted by Gasteiger charge is -2.22. The van der Waals surface area contributed by atoms with Crippen molar-refractivity contribution in [2.45, 2.75) is 26.2 Å². The van der Waals surface area contributed by atoms with Gasteiger partial charge in [-0.3, -0.25) is 9.59 Å². The number of rotatable bonds is 4. The number of carbonyl (C=O) groups excluding carboxylic acids is 2. The maximum atomic E-state index is 13.0. The summed E-state index contributed by atoms with van der Waals surface area (Å²) in [4.78, 5) is 37.3. The third-order valence-electron chi connectivity index (χ3n) is 4.39. The van der Waals surface area contributed by atoms with Gasteiger partial charge in [-0.1, -0.05) is 25.5 Å². The predicted octanol–water partition coefficient (Wildman–Crippen LogP) is 2.91. The SMILES string of the molecule is CCCCc1c(C(=O)O)c(O)cc2c1C(=O)c1c(O)cccc1C2=O. The van der Waals surface area contributed by atoms with Gasteiger partial charge in [0.15, 0.2) is 11.6 Å². The molecule has 0 radical (unpaired) electrons. The summed E-state index contributed by atoms with van der Waals surface area (Å²) in [6.45, 7) is 1.91. The minimum atomic E-state index is -1.37. The summed E-state index contributed by atoms with van der Waals surface area (Å²) < 4.78 is 0. The molecule has 0 aliphatic heterocycles. The molecule has 6 heteroatoms. The van der Waals surface area contributed by atoms with Gasteiger partial charge in [-0.25, -0.2) is 4.79 Å². The Bertz CT molecular complexity index is 926. The molecule has 0 saturated heterocycles. The van der Waals surface area contributed by atoms with Crippen LogP contribution in [0.15, 0.2) is 24.3 Å². The maximum Gasteiger partial charge on any atom is 0.339 e. The van der Waals surface area contributed by atoms with Gasteiger partial charge in [0.2, 0.25) is 0 Å². The van der Waals surface area contributed by atoms with Crippen molar-refractivity contribution in [3.63, 3.8) is 0 Å². The average molecular weight is 340 g/mol. The molecule has 25 heavy (non-hydrogen) atoms. The second-order valence-electron chi connectivity index (χ2n) is 5.94. The fourth-order valence-corrected chi connectivity index (χ4v) is 3.24. The highest BCUT2D eigenvalue weighted by atomic mass is 16.4. The Hall–Kier alpha value is -3.15. The Balaban J connectivity index is 2.36. The van der Waals surface area contributed by atoms with Gasteiger partial charge in [-0.05, 0) is 30.5 Å². The minimum absolute atomic E-state index is 0.0308. The second kappa shape index (κ2) is 6.05. The molecule has 0 heterocycles. The molecule has 0 fully saturated rings. The smallest absolute Gasteiger partial charge is 0.339 e. The van der Waals surface area contributed by atoms with Crippen molar-refractivity contribution in [2.24, 2.45) is 0 Å². The van der Waals surface area contributed by atoms with Crippen molar-refractivity contribution < 1.29 is 29.7 Å². The van der Waals surface area contributed by atoms with Crippen LogP contribution in [0.25, 0.3) is 0 Å². The highest BCUT2D eigenvalue weighted by Gasteiger charge is 2.36. The van der Waals surface area contributed by atoms with E-state index in [9.17, 15) is 29.7 Å². The lowest BCUT2D eigenvalue weighted by molar-refractivity contribution is 0.0691. The number of phenols is 2. The van der Waals surface area contributed by atoms with Gasteiger partial charge in [-0.15, -0.1) is 0 Å². The van der Waals surface area contributed by atoms with E-state index in [0.717, 1.165) is 12.5 Å². The topological polar surface area (TPSA) is 112 Å². The number of unbranched alkanes of at least 4 members (excludes halogenated alkanes) is 1. The number of hydrogen-bond acceptors (Lipinski definition) is 5. The Morgan fingerprint density at radius 1 is 1.00 bits per heavy atom. The number of carboxylic acid groups (broad SMARTS) is 1. The maximum absolute atomic E-state index is 13.0. The zero-order valence-electron chi connectivity index (χ0n) is 13.5. The third-order valence-corrected chi connectivity index (χ3v) is 4.39. The van der Waals surface area contributed by atoms with E-state index < -0.39 is 23.3 Å². The van der Waals surface area contributed by atoms with Crippen molar-refractivity contribution in [3.05, 3.63) is 57.6 Å². The normalized spacial score (nSPS) is 12.7. The molecule has 2 aromatic carbocycles. The first-order valence-corrected chi connectivity index (χ1v) is 7.92. The van der Waals surface area contributed by atoms with E-state index in [0.29, 0.717) is 6.42 Å². The summed E-state index contributed by atoms with van der Waals surface area (Å²) in [6.07, 6.45) is 1.57. The number of fused-ring (bicyclic) bond motifs is 2. The van der Waals surface area contributed by atoms with Crippen molar-refractivity contribution in [2.75, 3.05) is 0 Å². The summed E-state index contributed by atoms with van der Waals surface area (Å²) in [7, 11) is 0. The Morgan fingerprint density at radius 3 is 2.36 bits per heavy atom. The first-order chi connectivity index (χ1) is 11.9. The van der Waals surface area contributed by atoms with Crippen LogP contribution in [0.4, 0.5) is 0 Å². The minimum Gasteiger partial charge on any atom is -0.507 e. The quantitative estimate of drug-likeness (QED) is 0.673. The molecule has 3 rings (SSSR count). The standard InChI is InChI=1S/C19H16O6/c1-2-3-5-9-14-11(8-13(21)16(9)19(24)25)17(22)10-6-4-7-12(20)15(10)18(14)23/h4,6-8,20-21H,2-3,5H2,1H3,(H,24,25). The molecule has 0 bridgehead atoms. The summed E-state index contributed by atoms with van der Waals surface area (Å²) in [5.41, 5.74) is -0.385. The molecule has 1 aliphatic carbocycles. The molecule has 0 saturated carbocycles. The van der Waals surface area contributed by atoms with E-state index in [1.165, 1.54) is 18.2 Å². The summed E-state index contributed by atoms with van der Waals surface area (Å²) in [5.74, 6) is -3.36. The van der Waals surface area contributed by atoms with Crippen LogP contribution in [0.3, 0.4) is 0 Å². The molecule has 2 aromatic rings. The Kier molecular flexibility index (Phi) is 4.04. The van der Waals surface area contributed by atoms with Crippen LogP contribution >= 0.6 is 0 Å². The first-order valence-electron chi connectivity index (χ1n) is 7.92. The highest BCUT2D eigenvalue weighted by molar-refractivity contribution is 6.30. The summed E-state index contributed by atoms with van der Waals surface area (Å²) in [6, 6.07) is 5.21. The Labute approximate surface area is 143 Å². The number of aromatic hydroxyl groups is 2. The molecular weight excluding hydrogens is 324 g/mol. The van der Waals surface area contributed by atoms with Crippen molar-refractivity contribution in [1.29, 1.82) is 0 Å². The molecule has 0 amide bonds. The summed E-state index contributed by atoms with van der Waals surface area (Å²) >= 11 is 0. The van der Waals surface area contributed by atoms with Gasteiger partial charge < -0.3 is 15.3 Å². The van der Waals surface area contributed by atoms with Crippen LogP contribution in [0.2, 0.25) is 0 Å². The lowest BCUT2D eigenvalue weighted by Crippen LogP contribution is -2.24.